The maximum absolute atomic E-state index is 6.48. The lowest BCUT2D eigenvalue weighted by Crippen LogP contribution is -2.10. The lowest BCUT2D eigenvalue weighted by molar-refractivity contribution is 0.670. The summed E-state index contributed by atoms with van der Waals surface area (Å²) in [5, 5.41) is 4.88. The lowest BCUT2D eigenvalue weighted by atomic mass is 9.99. The highest BCUT2D eigenvalue weighted by atomic mass is 32.1. The van der Waals surface area contributed by atoms with E-state index < -0.39 is 0 Å². The smallest absolute Gasteiger partial charge is 0.143 e. The van der Waals surface area contributed by atoms with Gasteiger partial charge in [0.05, 0.1) is 0 Å². The van der Waals surface area contributed by atoms with Gasteiger partial charge in [0, 0.05) is 53.6 Å². The Morgan fingerprint density at radius 2 is 0.877 bits per heavy atom. The topological polar surface area (TPSA) is 16.4 Å². The molecule has 0 saturated heterocycles. The Hall–Kier alpha value is -7.20. The van der Waals surface area contributed by atoms with Gasteiger partial charge < -0.3 is 9.32 Å². The highest BCUT2D eigenvalue weighted by Gasteiger charge is 2.17. The van der Waals surface area contributed by atoms with E-state index in [4.69, 9.17) is 4.42 Å². The van der Waals surface area contributed by atoms with Crippen molar-refractivity contribution in [3.8, 4) is 44.5 Å². The largest absolute Gasteiger partial charge is 0.455 e. The molecule has 0 aliphatic rings. The third-order valence-corrected chi connectivity index (χ3v) is 12.3. The Kier molecular flexibility index (Phi) is 8.04. The molecule has 11 rings (SSSR count). The maximum atomic E-state index is 6.48. The summed E-state index contributed by atoms with van der Waals surface area (Å²) in [6.45, 7) is 0. The Morgan fingerprint density at radius 1 is 0.333 bits per heavy atom. The molecule has 3 heteroatoms. The first-order valence-corrected chi connectivity index (χ1v) is 20.1. The van der Waals surface area contributed by atoms with Crippen molar-refractivity contribution in [1.29, 1.82) is 0 Å². The van der Waals surface area contributed by atoms with Crippen molar-refractivity contribution in [1.82, 2.24) is 0 Å². The van der Waals surface area contributed by atoms with Gasteiger partial charge in [0.25, 0.3) is 0 Å². The van der Waals surface area contributed by atoms with Gasteiger partial charge in [-0.15, -0.1) is 11.3 Å². The van der Waals surface area contributed by atoms with E-state index >= 15 is 0 Å². The monoisotopic (exact) mass is 745 g/mol. The van der Waals surface area contributed by atoms with Crippen LogP contribution in [-0.2, 0) is 0 Å². The van der Waals surface area contributed by atoms with Gasteiger partial charge in [-0.1, -0.05) is 158 Å². The zero-order chi connectivity index (χ0) is 37.7. The third-order valence-electron chi connectivity index (χ3n) is 11.1. The molecular formula is C54H35NOS. The number of fused-ring (bicyclic) bond motifs is 6. The Bertz CT molecular complexity index is 3210. The van der Waals surface area contributed by atoms with Crippen LogP contribution in [0.1, 0.15) is 0 Å². The fourth-order valence-electron chi connectivity index (χ4n) is 8.29. The predicted molar refractivity (Wildman–Crippen MR) is 243 cm³/mol. The Balaban J connectivity index is 0.983. The molecule has 2 nitrogen and oxygen atoms in total. The fraction of sp³-hybridized carbons (Fsp3) is 0. The van der Waals surface area contributed by atoms with Crippen LogP contribution < -0.4 is 4.90 Å². The van der Waals surface area contributed by atoms with Gasteiger partial charge in [0.15, 0.2) is 0 Å². The minimum Gasteiger partial charge on any atom is -0.455 e. The van der Waals surface area contributed by atoms with Gasteiger partial charge >= 0.3 is 0 Å². The molecule has 0 N–H and O–H groups in total. The van der Waals surface area contributed by atoms with Crippen LogP contribution in [0, 0.1) is 0 Å². The summed E-state index contributed by atoms with van der Waals surface area (Å²) in [5.41, 5.74) is 14.5. The first-order valence-electron chi connectivity index (χ1n) is 19.3. The van der Waals surface area contributed by atoms with E-state index in [1.807, 2.05) is 17.4 Å². The molecule has 2 aromatic heterocycles. The average Bonchev–Trinajstić information content (AvgIpc) is 3.86. The van der Waals surface area contributed by atoms with Crippen LogP contribution in [0.25, 0.3) is 86.6 Å². The van der Waals surface area contributed by atoms with Crippen molar-refractivity contribution in [2.75, 3.05) is 4.90 Å². The highest BCUT2D eigenvalue weighted by molar-refractivity contribution is 7.26. The SMILES string of the molecule is c1ccc(-c2cccc(N(c3ccc(-c4ccc5oc6c(-c7ccccc7)cccc6c5c4)cc3)c3ccc(-c4cccc5c4sc4ccccc45)cc3)c2)cc1. The summed E-state index contributed by atoms with van der Waals surface area (Å²) in [6.07, 6.45) is 0. The molecular weight excluding hydrogens is 711 g/mol. The normalized spacial score (nSPS) is 11.5. The first kappa shape index (κ1) is 33.2. The van der Waals surface area contributed by atoms with Crippen LogP contribution in [-0.4, -0.2) is 0 Å². The summed E-state index contributed by atoms with van der Waals surface area (Å²) >= 11 is 1.87. The molecule has 0 aliphatic heterocycles. The number of anilines is 3. The van der Waals surface area contributed by atoms with Crippen molar-refractivity contribution < 1.29 is 4.42 Å². The number of hydrogen-bond acceptors (Lipinski definition) is 3. The zero-order valence-electron chi connectivity index (χ0n) is 31.0. The van der Waals surface area contributed by atoms with E-state index in [2.05, 4.69) is 211 Å². The average molecular weight is 746 g/mol. The fourth-order valence-corrected chi connectivity index (χ4v) is 9.53. The summed E-state index contributed by atoms with van der Waals surface area (Å²) in [6, 6.07) is 76.2. The van der Waals surface area contributed by atoms with Gasteiger partial charge in [0.1, 0.15) is 11.2 Å². The molecule has 0 atom stereocenters. The quantitative estimate of drug-likeness (QED) is 0.162. The number of thiophene rings is 1. The summed E-state index contributed by atoms with van der Waals surface area (Å²) < 4.78 is 9.13. The van der Waals surface area contributed by atoms with Crippen molar-refractivity contribution in [3.63, 3.8) is 0 Å². The maximum Gasteiger partial charge on any atom is 0.143 e. The molecule has 9 aromatic carbocycles. The standard InChI is InChI=1S/C54H35NOS/c1-3-12-36(13-4-1)40-16-9-17-44(34-40)55(43-31-26-39(27-32-43)46-20-11-22-49-47-18-7-8-23-52(47)57-54(46)49)42-29-24-37(25-30-42)41-28-33-51-50(35-41)48-21-10-19-45(53(48)56-51)38-14-5-2-6-15-38/h1-35H. The zero-order valence-corrected chi connectivity index (χ0v) is 31.8. The van der Waals surface area contributed by atoms with Crippen LogP contribution in [0.2, 0.25) is 0 Å². The van der Waals surface area contributed by atoms with Gasteiger partial charge in [-0.25, -0.2) is 0 Å². The van der Waals surface area contributed by atoms with E-state index in [-0.39, 0.29) is 0 Å². The molecule has 0 bridgehead atoms. The molecule has 11 aromatic rings. The number of hydrogen-bond donors (Lipinski definition) is 0. The molecule has 0 radical (unpaired) electrons. The molecule has 0 amide bonds. The lowest BCUT2D eigenvalue weighted by Gasteiger charge is -2.26. The summed E-state index contributed by atoms with van der Waals surface area (Å²) in [7, 11) is 0. The van der Waals surface area contributed by atoms with Crippen LogP contribution >= 0.6 is 11.3 Å². The highest BCUT2D eigenvalue weighted by Crippen LogP contribution is 2.43. The van der Waals surface area contributed by atoms with E-state index in [0.29, 0.717) is 0 Å². The predicted octanol–water partition coefficient (Wildman–Crippen LogP) is 16.1. The van der Waals surface area contributed by atoms with Crippen molar-refractivity contribution in [3.05, 3.63) is 212 Å². The van der Waals surface area contributed by atoms with Gasteiger partial charge in [-0.05, 0) is 93.5 Å². The van der Waals surface area contributed by atoms with E-state index in [1.165, 1.54) is 42.4 Å². The molecule has 0 aliphatic carbocycles. The van der Waals surface area contributed by atoms with Crippen LogP contribution in [0.5, 0.6) is 0 Å². The minimum absolute atomic E-state index is 0.894. The van der Waals surface area contributed by atoms with Crippen LogP contribution in [0.4, 0.5) is 17.1 Å². The van der Waals surface area contributed by atoms with Gasteiger partial charge in [0.2, 0.25) is 0 Å². The van der Waals surface area contributed by atoms with Crippen LogP contribution in [0.15, 0.2) is 217 Å². The molecule has 0 spiro atoms. The second kappa shape index (κ2) is 13.8. The van der Waals surface area contributed by atoms with Gasteiger partial charge in [-0.2, -0.15) is 0 Å². The summed E-state index contributed by atoms with van der Waals surface area (Å²) in [4.78, 5) is 2.36. The van der Waals surface area contributed by atoms with E-state index in [0.717, 1.165) is 61.3 Å². The number of nitrogens with zero attached hydrogens (tertiary/aromatic N) is 1. The van der Waals surface area contributed by atoms with Crippen molar-refractivity contribution in [2.45, 2.75) is 0 Å². The van der Waals surface area contributed by atoms with Gasteiger partial charge in [-0.3, -0.25) is 0 Å². The number of para-hydroxylation sites is 1. The Morgan fingerprint density at radius 3 is 1.65 bits per heavy atom. The molecule has 268 valence electrons. The van der Waals surface area contributed by atoms with Crippen molar-refractivity contribution in [2.24, 2.45) is 0 Å². The second-order valence-electron chi connectivity index (χ2n) is 14.5. The molecule has 0 saturated carbocycles. The second-order valence-corrected chi connectivity index (χ2v) is 15.5. The van der Waals surface area contributed by atoms with Crippen LogP contribution in [0.3, 0.4) is 0 Å². The molecule has 0 fully saturated rings. The molecule has 57 heavy (non-hydrogen) atoms. The number of furan rings is 1. The summed E-state index contributed by atoms with van der Waals surface area (Å²) in [5.74, 6) is 0. The molecule has 2 heterocycles. The Labute approximate surface area is 335 Å². The first-order chi connectivity index (χ1) is 28.2. The third kappa shape index (κ3) is 5.88. The van der Waals surface area contributed by atoms with E-state index in [1.54, 1.807) is 0 Å². The number of benzene rings is 9. The molecule has 0 unspecified atom stereocenters. The minimum atomic E-state index is 0.894. The van der Waals surface area contributed by atoms with Crippen molar-refractivity contribution >= 4 is 70.5 Å². The van der Waals surface area contributed by atoms with E-state index in [9.17, 15) is 0 Å². The number of rotatable bonds is 7.